The normalized spacial score (nSPS) is 19.3. The van der Waals surface area contributed by atoms with Gasteiger partial charge >= 0.3 is 0 Å². The molecule has 112 valence electrons. The van der Waals surface area contributed by atoms with Gasteiger partial charge in [0.05, 0.1) is 0 Å². The predicted molar refractivity (Wildman–Crippen MR) is 78.5 cm³/mol. The highest BCUT2D eigenvalue weighted by Gasteiger charge is 2.39. The summed E-state index contributed by atoms with van der Waals surface area (Å²) in [6.45, 7) is 0. The molecule has 1 aliphatic rings. The van der Waals surface area contributed by atoms with E-state index in [1.54, 1.807) is 7.11 Å². The van der Waals surface area contributed by atoms with E-state index in [1.807, 2.05) is 30.3 Å². The summed E-state index contributed by atoms with van der Waals surface area (Å²) in [5.41, 5.74) is 6.76. The van der Waals surface area contributed by atoms with Crippen molar-refractivity contribution in [1.29, 1.82) is 0 Å². The first-order valence-electron chi connectivity index (χ1n) is 7.45. The molecule has 1 aliphatic carbocycles. The van der Waals surface area contributed by atoms with Gasteiger partial charge in [-0.05, 0) is 18.4 Å². The lowest BCUT2D eigenvalue weighted by Gasteiger charge is -2.32. The summed E-state index contributed by atoms with van der Waals surface area (Å²) >= 11 is 0. The van der Waals surface area contributed by atoms with E-state index in [-0.39, 0.29) is 0 Å². The van der Waals surface area contributed by atoms with E-state index >= 15 is 0 Å². The van der Waals surface area contributed by atoms with Crippen molar-refractivity contribution < 1.29 is 9.26 Å². The van der Waals surface area contributed by atoms with E-state index in [1.165, 1.54) is 6.42 Å². The molecule has 0 amide bonds. The quantitative estimate of drug-likeness (QED) is 0.935. The lowest BCUT2D eigenvalue weighted by molar-refractivity contribution is -0.0527. The molecular formula is C16H21N3O2. The van der Waals surface area contributed by atoms with Gasteiger partial charge in [-0.2, -0.15) is 4.98 Å². The number of rotatable bonds is 4. The summed E-state index contributed by atoms with van der Waals surface area (Å²) in [6.07, 6.45) is 5.36. The molecule has 0 bridgehead atoms. The maximum absolute atomic E-state index is 6.21. The van der Waals surface area contributed by atoms with Gasteiger partial charge in [-0.1, -0.05) is 54.8 Å². The molecule has 0 saturated heterocycles. The monoisotopic (exact) mass is 287 g/mol. The van der Waals surface area contributed by atoms with Crippen LogP contribution in [0, 0.1) is 0 Å². The zero-order valence-electron chi connectivity index (χ0n) is 12.3. The van der Waals surface area contributed by atoms with E-state index in [2.05, 4.69) is 10.1 Å². The van der Waals surface area contributed by atoms with Crippen molar-refractivity contribution >= 4 is 0 Å². The maximum atomic E-state index is 6.21. The maximum Gasteiger partial charge on any atom is 0.248 e. The molecular weight excluding hydrogens is 266 g/mol. The topological polar surface area (TPSA) is 74.2 Å². The molecule has 1 heterocycles. The average molecular weight is 287 g/mol. The second-order valence-electron chi connectivity index (χ2n) is 5.60. The van der Waals surface area contributed by atoms with Crippen LogP contribution in [0.1, 0.15) is 55.4 Å². The van der Waals surface area contributed by atoms with E-state index < -0.39 is 11.6 Å². The van der Waals surface area contributed by atoms with Crippen molar-refractivity contribution in [2.45, 2.75) is 43.7 Å². The van der Waals surface area contributed by atoms with Crippen LogP contribution in [0.3, 0.4) is 0 Å². The lowest BCUT2D eigenvalue weighted by Crippen LogP contribution is -2.32. The third-order valence-corrected chi connectivity index (χ3v) is 4.33. The predicted octanol–water partition coefficient (Wildman–Crippen LogP) is 2.92. The largest absolute Gasteiger partial charge is 0.370 e. The van der Waals surface area contributed by atoms with Crippen molar-refractivity contribution in [3.63, 3.8) is 0 Å². The van der Waals surface area contributed by atoms with Gasteiger partial charge < -0.3 is 15.0 Å². The fraction of sp³-hybridized carbons (Fsp3) is 0.500. The Balaban J connectivity index is 1.86. The van der Waals surface area contributed by atoms with Crippen LogP contribution in [0.25, 0.3) is 0 Å². The molecule has 0 radical (unpaired) electrons. The number of benzene rings is 1. The van der Waals surface area contributed by atoms with Crippen molar-refractivity contribution in [2.75, 3.05) is 7.11 Å². The number of nitrogens with zero attached hydrogens (tertiary/aromatic N) is 2. The Bertz CT molecular complexity index is 576. The Morgan fingerprint density at radius 1 is 1.19 bits per heavy atom. The molecule has 2 N–H and O–H groups in total. The Kier molecular flexibility index (Phi) is 4.03. The Morgan fingerprint density at radius 2 is 1.90 bits per heavy atom. The standard InChI is InChI=1S/C16H21N3O2/c1-20-16(10-6-3-7-11-16)15-18-14(21-19-15)13(17)12-8-4-2-5-9-12/h2,4-5,8-9,13H,3,6-7,10-11,17H2,1H3/t13-/m0/s1. The van der Waals surface area contributed by atoms with Crippen molar-refractivity contribution in [1.82, 2.24) is 10.1 Å². The molecule has 5 heteroatoms. The number of nitrogens with two attached hydrogens (primary N) is 1. The van der Waals surface area contributed by atoms with Crippen molar-refractivity contribution in [3.8, 4) is 0 Å². The zero-order chi connectivity index (χ0) is 14.7. The van der Waals surface area contributed by atoms with Gasteiger partial charge in [0.15, 0.2) is 0 Å². The Labute approximate surface area is 124 Å². The number of hydrogen-bond acceptors (Lipinski definition) is 5. The molecule has 0 unspecified atom stereocenters. The second kappa shape index (κ2) is 5.95. The minimum atomic E-state index is -0.406. The van der Waals surface area contributed by atoms with Crippen molar-refractivity contribution in [3.05, 3.63) is 47.6 Å². The van der Waals surface area contributed by atoms with Gasteiger partial charge in [-0.25, -0.2) is 0 Å². The number of methoxy groups -OCH3 is 1. The highest BCUT2D eigenvalue weighted by atomic mass is 16.5. The summed E-state index contributed by atoms with van der Waals surface area (Å²) in [4.78, 5) is 4.53. The van der Waals surface area contributed by atoms with Crippen molar-refractivity contribution in [2.24, 2.45) is 5.73 Å². The molecule has 5 nitrogen and oxygen atoms in total. The fourth-order valence-electron chi connectivity index (χ4n) is 2.99. The summed E-state index contributed by atoms with van der Waals surface area (Å²) in [6, 6.07) is 9.37. The Hall–Kier alpha value is -1.72. The Morgan fingerprint density at radius 3 is 2.57 bits per heavy atom. The zero-order valence-corrected chi connectivity index (χ0v) is 12.3. The van der Waals surface area contributed by atoms with Gasteiger partial charge in [0.2, 0.25) is 11.7 Å². The first-order valence-corrected chi connectivity index (χ1v) is 7.45. The molecule has 21 heavy (non-hydrogen) atoms. The van der Waals surface area contributed by atoms with Crippen LogP contribution in [0.5, 0.6) is 0 Å². The van der Waals surface area contributed by atoms with Gasteiger partial charge in [0.25, 0.3) is 0 Å². The van der Waals surface area contributed by atoms with Crippen LogP contribution in [0.15, 0.2) is 34.9 Å². The second-order valence-corrected chi connectivity index (χ2v) is 5.60. The lowest BCUT2D eigenvalue weighted by atomic mass is 9.84. The molecule has 0 aliphatic heterocycles. The molecule has 1 atom stereocenters. The third-order valence-electron chi connectivity index (χ3n) is 4.33. The molecule has 1 fully saturated rings. The average Bonchev–Trinajstić information content (AvgIpc) is 3.06. The molecule has 3 rings (SSSR count). The first kappa shape index (κ1) is 14.2. The third kappa shape index (κ3) is 2.71. The SMILES string of the molecule is COC1(c2noc([C@@H](N)c3ccccc3)n2)CCCCC1. The van der Waals surface area contributed by atoms with Gasteiger partial charge in [-0.3, -0.25) is 0 Å². The van der Waals surface area contributed by atoms with Gasteiger partial charge in [0, 0.05) is 7.11 Å². The summed E-state index contributed by atoms with van der Waals surface area (Å²) in [7, 11) is 1.72. The highest BCUT2D eigenvalue weighted by molar-refractivity contribution is 5.23. The van der Waals surface area contributed by atoms with Gasteiger partial charge in [-0.15, -0.1) is 0 Å². The minimum Gasteiger partial charge on any atom is -0.370 e. The first-order chi connectivity index (χ1) is 10.2. The number of hydrogen-bond donors (Lipinski definition) is 1. The molecule has 1 aromatic carbocycles. The van der Waals surface area contributed by atoms with Crippen LogP contribution >= 0.6 is 0 Å². The van der Waals surface area contributed by atoms with Gasteiger partial charge in [0.1, 0.15) is 11.6 Å². The van der Waals surface area contributed by atoms with E-state index in [0.29, 0.717) is 11.7 Å². The molecule has 1 saturated carbocycles. The summed E-state index contributed by atoms with van der Waals surface area (Å²) in [5, 5.41) is 4.14. The molecule has 2 aromatic rings. The van der Waals surface area contributed by atoms with E-state index in [9.17, 15) is 0 Å². The molecule has 0 spiro atoms. The van der Waals surface area contributed by atoms with Crippen LogP contribution in [0.4, 0.5) is 0 Å². The van der Waals surface area contributed by atoms with Crippen LogP contribution in [-0.2, 0) is 10.3 Å². The highest BCUT2D eigenvalue weighted by Crippen LogP contribution is 2.38. The molecule has 1 aromatic heterocycles. The van der Waals surface area contributed by atoms with Crippen LogP contribution in [0.2, 0.25) is 0 Å². The smallest absolute Gasteiger partial charge is 0.248 e. The van der Waals surface area contributed by atoms with E-state index in [4.69, 9.17) is 15.0 Å². The fourth-order valence-corrected chi connectivity index (χ4v) is 2.99. The minimum absolute atomic E-state index is 0.398. The van der Waals surface area contributed by atoms with E-state index in [0.717, 1.165) is 31.2 Å². The summed E-state index contributed by atoms with van der Waals surface area (Å²) < 4.78 is 11.1. The number of ether oxygens (including phenoxy) is 1. The summed E-state index contributed by atoms with van der Waals surface area (Å²) in [5.74, 6) is 1.07. The van der Waals surface area contributed by atoms with Crippen LogP contribution < -0.4 is 5.73 Å². The van der Waals surface area contributed by atoms with Crippen LogP contribution in [-0.4, -0.2) is 17.3 Å². The number of aromatic nitrogens is 2.